The molecule has 9 aromatic rings. The van der Waals surface area contributed by atoms with Gasteiger partial charge in [0.15, 0.2) is 0 Å². The number of fused-ring (bicyclic) bond motifs is 6. The molecule has 0 saturated heterocycles. The van der Waals surface area contributed by atoms with Crippen LogP contribution in [-0.4, -0.2) is 0 Å². The number of benzene rings is 9. The van der Waals surface area contributed by atoms with E-state index < -0.39 is 0 Å². The van der Waals surface area contributed by atoms with E-state index in [0.717, 1.165) is 17.1 Å². The molecular formula is C60H47N. The Bertz CT molecular complexity index is 2980. The Hall–Kier alpha value is -7.22. The van der Waals surface area contributed by atoms with E-state index in [9.17, 15) is 0 Å². The number of hydrogen-bond acceptors (Lipinski definition) is 1. The maximum Gasteiger partial charge on any atom is 0.0467 e. The van der Waals surface area contributed by atoms with Crippen LogP contribution < -0.4 is 4.90 Å². The SMILES string of the molecule is CC1(C)c2ccccc2-c2ccc(-c3cccc(N(c4ccc(-c5cccc(-c6ccccc6)c5)cc4)c4cccc(-c5ccc6c(c5)C(C)(C)c5ccccc5-6)c4)c3)cc21. The zero-order valence-electron chi connectivity index (χ0n) is 35.2. The van der Waals surface area contributed by atoms with Crippen LogP contribution in [0, 0.1) is 0 Å². The molecule has 0 fully saturated rings. The van der Waals surface area contributed by atoms with Crippen molar-refractivity contribution in [2.45, 2.75) is 38.5 Å². The van der Waals surface area contributed by atoms with Crippen LogP contribution in [0.2, 0.25) is 0 Å². The van der Waals surface area contributed by atoms with Gasteiger partial charge in [-0.15, -0.1) is 0 Å². The van der Waals surface area contributed by atoms with Gasteiger partial charge in [-0.25, -0.2) is 0 Å². The molecule has 0 unspecified atom stereocenters. The van der Waals surface area contributed by atoms with E-state index in [2.05, 4.69) is 245 Å². The van der Waals surface area contributed by atoms with Crippen LogP contribution in [0.25, 0.3) is 66.8 Å². The molecule has 0 saturated carbocycles. The second-order valence-electron chi connectivity index (χ2n) is 17.8. The van der Waals surface area contributed by atoms with Gasteiger partial charge in [0.2, 0.25) is 0 Å². The van der Waals surface area contributed by atoms with Crippen molar-refractivity contribution in [1.29, 1.82) is 0 Å². The van der Waals surface area contributed by atoms with Gasteiger partial charge in [-0.3, -0.25) is 0 Å². The van der Waals surface area contributed by atoms with E-state index in [1.165, 1.54) is 89.0 Å². The van der Waals surface area contributed by atoms with E-state index >= 15 is 0 Å². The predicted molar refractivity (Wildman–Crippen MR) is 258 cm³/mol. The highest BCUT2D eigenvalue weighted by atomic mass is 15.1. The smallest absolute Gasteiger partial charge is 0.0467 e. The first kappa shape index (κ1) is 36.8. The van der Waals surface area contributed by atoms with Gasteiger partial charge in [-0.05, 0) is 144 Å². The van der Waals surface area contributed by atoms with Crippen molar-refractivity contribution in [3.05, 3.63) is 235 Å². The minimum atomic E-state index is -0.0655. The van der Waals surface area contributed by atoms with Gasteiger partial charge in [0.05, 0.1) is 0 Å². The fourth-order valence-electron chi connectivity index (χ4n) is 10.2. The maximum atomic E-state index is 2.42. The summed E-state index contributed by atoms with van der Waals surface area (Å²) in [5, 5.41) is 0. The minimum Gasteiger partial charge on any atom is -0.310 e. The Balaban J connectivity index is 1.01. The third kappa shape index (κ3) is 6.15. The molecule has 0 atom stereocenters. The molecule has 0 radical (unpaired) electrons. The third-order valence-corrected chi connectivity index (χ3v) is 13.5. The molecule has 0 spiro atoms. The van der Waals surface area contributed by atoms with Crippen LogP contribution in [0.1, 0.15) is 49.9 Å². The molecule has 292 valence electrons. The molecule has 2 aliphatic carbocycles. The molecule has 0 aliphatic heterocycles. The zero-order chi connectivity index (χ0) is 41.3. The second-order valence-corrected chi connectivity index (χ2v) is 17.8. The Morgan fingerprint density at radius 2 is 0.607 bits per heavy atom. The fourth-order valence-corrected chi connectivity index (χ4v) is 10.2. The lowest BCUT2D eigenvalue weighted by Gasteiger charge is -2.27. The molecule has 0 aromatic heterocycles. The van der Waals surface area contributed by atoms with Crippen molar-refractivity contribution >= 4 is 17.1 Å². The first-order valence-electron chi connectivity index (χ1n) is 21.5. The van der Waals surface area contributed by atoms with E-state index in [4.69, 9.17) is 0 Å². The van der Waals surface area contributed by atoms with Crippen LogP contribution in [0.3, 0.4) is 0 Å². The van der Waals surface area contributed by atoms with Gasteiger partial charge in [-0.1, -0.05) is 185 Å². The summed E-state index contributed by atoms with van der Waals surface area (Å²) in [5.41, 5.74) is 23.8. The lowest BCUT2D eigenvalue weighted by Crippen LogP contribution is -2.15. The Morgan fingerprint density at radius 1 is 0.246 bits per heavy atom. The highest BCUT2D eigenvalue weighted by Crippen LogP contribution is 2.51. The number of rotatable bonds is 7. The topological polar surface area (TPSA) is 3.24 Å². The monoisotopic (exact) mass is 781 g/mol. The summed E-state index contributed by atoms with van der Waals surface area (Å²) in [6, 6.07) is 78.5. The largest absolute Gasteiger partial charge is 0.310 e. The summed E-state index contributed by atoms with van der Waals surface area (Å²) in [6.45, 7) is 9.42. The number of nitrogens with zero attached hydrogens (tertiary/aromatic N) is 1. The summed E-state index contributed by atoms with van der Waals surface area (Å²) >= 11 is 0. The molecule has 61 heavy (non-hydrogen) atoms. The predicted octanol–water partition coefficient (Wildman–Crippen LogP) is 16.4. The van der Waals surface area contributed by atoms with Crippen molar-refractivity contribution in [3.63, 3.8) is 0 Å². The average molecular weight is 782 g/mol. The van der Waals surface area contributed by atoms with Crippen LogP contribution >= 0.6 is 0 Å². The maximum absolute atomic E-state index is 2.42. The molecule has 11 rings (SSSR count). The van der Waals surface area contributed by atoms with E-state index in [1.807, 2.05) is 0 Å². The van der Waals surface area contributed by atoms with Crippen LogP contribution in [0.4, 0.5) is 17.1 Å². The van der Waals surface area contributed by atoms with E-state index in [0.29, 0.717) is 0 Å². The number of anilines is 3. The molecule has 0 bridgehead atoms. The zero-order valence-corrected chi connectivity index (χ0v) is 35.2. The summed E-state index contributed by atoms with van der Waals surface area (Å²) in [7, 11) is 0. The summed E-state index contributed by atoms with van der Waals surface area (Å²) in [6.07, 6.45) is 0. The average Bonchev–Trinajstić information content (AvgIpc) is 3.69. The molecule has 1 nitrogen and oxygen atoms in total. The lowest BCUT2D eigenvalue weighted by atomic mass is 9.81. The second kappa shape index (κ2) is 14.2. The third-order valence-electron chi connectivity index (χ3n) is 13.5. The van der Waals surface area contributed by atoms with Gasteiger partial charge < -0.3 is 4.90 Å². The molecule has 2 aliphatic rings. The van der Waals surface area contributed by atoms with Crippen molar-refractivity contribution in [3.8, 4) is 66.8 Å². The van der Waals surface area contributed by atoms with Gasteiger partial charge in [0, 0.05) is 27.9 Å². The Kier molecular flexibility index (Phi) is 8.58. The van der Waals surface area contributed by atoms with Crippen molar-refractivity contribution in [2.24, 2.45) is 0 Å². The fraction of sp³-hybridized carbons (Fsp3) is 0.100. The van der Waals surface area contributed by atoms with Gasteiger partial charge in [0.25, 0.3) is 0 Å². The number of hydrogen-bond donors (Lipinski definition) is 0. The highest BCUT2D eigenvalue weighted by molar-refractivity contribution is 5.88. The highest BCUT2D eigenvalue weighted by Gasteiger charge is 2.36. The Morgan fingerprint density at radius 3 is 1.11 bits per heavy atom. The van der Waals surface area contributed by atoms with E-state index in [-0.39, 0.29) is 10.8 Å². The Labute approximate surface area is 360 Å². The molecule has 0 amide bonds. The molecular weight excluding hydrogens is 735 g/mol. The first-order valence-corrected chi connectivity index (χ1v) is 21.5. The van der Waals surface area contributed by atoms with Crippen molar-refractivity contribution < 1.29 is 0 Å². The van der Waals surface area contributed by atoms with Crippen molar-refractivity contribution in [2.75, 3.05) is 4.90 Å². The quantitative estimate of drug-likeness (QED) is 0.156. The molecule has 1 heteroatoms. The van der Waals surface area contributed by atoms with Crippen LogP contribution in [0.15, 0.2) is 212 Å². The van der Waals surface area contributed by atoms with Gasteiger partial charge in [0.1, 0.15) is 0 Å². The lowest BCUT2D eigenvalue weighted by molar-refractivity contribution is 0.660. The standard InChI is InChI=1S/C60H47N/c1-59(2)55-25-10-8-23-51(55)53-33-29-46(38-57(53)59)44-19-13-21-49(36-44)61(48-31-27-41(28-32-48)43-18-12-17-42(35-43)40-15-6-5-7-16-40)50-22-14-20-45(37-50)47-30-34-54-52-24-9-11-26-56(52)60(3,4)58(54)39-47/h5-39H,1-4H3. The summed E-state index contributed by atoms with van der Waals surface area (Å²) in [4.78, 5) is 2.41. The first-order chi connectivity index (χ1) is 29.7. The van der Waals surface area contributed by atoms with Crippen LogP contribution in [0.5, 0.6) is 0 Å². The molecule has 0 N–H and O–H groups in total. The van der Waals surface area contributed by atoms with Crippen LogP contribution in [-0.2, 0) is 10.8 Å². The van der Waals surface area contributed by atoms with E-state index in [1.54, 1.807) is 0 Å². The van der Waals surface area contributed by atoms with Gasteiger partial charge in [-0.2, -0.15) is 0 Å². The van der Waals surface area contributed by atoms with Crippen molar-refractivity contribution in [1.82, 2.24) is 0 Å². The minimum absolute atomic E-state index is 0.0655. The normalized spacial score (nSPS) is 13.8. The molecule has 9 aromatic carbocycles. The summed E-state index contributed by atoms with van der Waals surface area (Å²) in [5.74, 6) is 0. The van der Waals surface area contributed by atoms with Gasteiger partial charge >= 0.3 is 0 Å². The molecule has 0 heterocycles. The summed E-state index contributed by atoms with van der Waals surface area (Å²) < 4.78 is 0.